The summed E-state index contributed by atoms with van der Waals surface area (Å²) in [5.41, 5.74) is 0.926. The standard InChI is InChI=1S/C19H22ClNO3/c1-4-17(24-15-11-9-14(20)10-12-15)19(22)21-13(2)16-7-5-6-8-18(16)23-3/h5-13,17H,4H2,1-3H3,(H,21,22)/t13-,17-/m1/s1. The maximum absolute atomic E-state index is 12.5. The summed E-state index contributed by atoms with van der Waals surface area (Å²) >= 11 is 5.86. The summed E-state index contributed by atoms with van der Waals surface area (Å²) in [5, 5.41) is 3.61. The second-order valence-corrected chi connectivity index (χ2v) is 5.88. The Balaban J connectivity index is 2.04. The summed E-state index contributed by atoms with van der Waals surface area (Å²) in [5.74, 6) is 1.20. The Morgan fingerprint density at radius 3 is 2.46 bits per heavy atom. The molecule has 1 amide bonds. The Morgan fingerprint density at radius 2 is 1.83 bits per heavy atom. The second kappa shape index (κ2) is 8.60. The molecule has 0 saturated carbocycles. The minimum atomic E-state index is -0.566. The van der Waals surface area contributed by atoms with Gasteiger partial charge in [-0.25, -0.2) is 0 Å². The first-order chi connectivity index (χ1) is 11.5. The first-order valence-corrected chi connectivity index (χ1v) is 8.28. The molecule has 0 unspecified atom stereocenters. The number of ether oxygens (including phenoxy) is 2. The number of amides is 1. The second-order valence-electron chi connectivity index (χ2n) is 5.44. The smallest absolute Gasteiger partial charge is 0.261 e. The van der Waals surface area contributed by atoms with Gasteiger partial charge in [0.1, 0.15) is 11.5 Å². The minimum Gasteiger partial charge on any atom is -0.496 e. The number of nitrogens with one attached hydrogen (secondary N) is 1. The van der Waals surface area contributed by atoms with Crippen LogP contribution in [0, 0.1) is 0 Å². The first-order valence-electron chi connectivity index (χ1n) is 7.90. The van der Waals surface area contributed by atoms with Gasteiger partial charge >= 0.3 is 0 Å². The van der Waals surface area contributed by atoms with E-state index in [-0.39, 0.29) is 11.9 Å². The van der Waals surface area contributed by atoms with Gasteiger partial charge in [0, 0.05) is 10.6 Å². The predicted molar refractivity (Wildman–Crippen MR) is 95.7 cm³/mol. The van der Waals surface area contributed by atoms with Crippen molar-refractivity contribution in [1.82, 2.24) is 5.32 Å². The largest absolute Gasteiger partial charge is 0.496 e. The molecule has 0 aromatic heterocycles. The maximum Gasteiger partial charge on any atom is 0.261 e. The van der Waals surface area contributed by atoms with Crippen LogP contribution in [0.25, 0.3) is 0 Å². The first kappa shape index (κ1) is 18.1. The minimum absolute atomic E-state index is 0.161. The molecule has 2 rings (SSSR count). The van der Waals surface area contributed by atoms with Gasteiger partial charge < -0.3 is 14.8 Å². The van der Waals surface area contributed by atoms with Crippen LogP contribution in [0.5, 0.6) is 11.5 Å². The molecule has 0 aliphatic heterocycles. The number of halogens is 1. The number of hydrogen-bond acceptors (Lipinski definition) is 3. The van der Waals surface area contributed by atoms with E-state index in [1.807, 2.05) is 38.1 Å². The molecule has 128 valence electrons. The number of carbonyl (C=O) groups excluding carboxylic acids is 1. The summed E-state index contributed by atoms with van der Waals surface area (Å²) in [6, 6.07) is 14.4. The summed E-state index contributed by atoms with van der Waals surface area (Å²) in [4.78, 5) is 12.5. The van der Waals surface area contributed by atoms with Crippen molar-refractivity contribution < 1.29 is 14.3 Å². The van der Waals surface area contributed by atoms with E-state index in [0.29, 0.717) is 17.2 Å². The highest BCUT2D eigenvalue weighted by atomic mass is 35.5. The number of rotatable bonds is 7. The number of methoxy groups -OCH3 is 1. The molecule has 0 aliphatic carbocycles. The molecule has 0 radical (unpaired) electrons. The van der Waals surface area contributed by atoms with Crippen molar-refractivity contribution in [3.05, 3.63) is 59.1 Å². The number of hydrogen-bond donors (Lipinski definition) is 1. The summed E-state index contributed by atoms with van der Waals surface area (Å²) in [7, 11) is 1.62. The third-order valence-electron chi connectivity index (χ3n) is 3.72. The van der Waals surface area contributed by atoms with Crippen molar-refractivity contribution in [2.24, 2.45) is 0 Å². The molecule has 24 heavy (non-hydrogen) atoms. The molecule has 0 aliphatic rings. The van der Waals surface area contributed by atoms with Crippen LogP contribution >= 0.6 is 11.6 Å². The zero-order valence-electron chi connectivity index (χ0n) is 14.1. The maximum atomic E-state index is 12.5. The van der Waals surface area contributed by atoms with Crippen LogP contribution in [0.4, 0.5) is 0 Å². The van der Waals surface area contributed by atoms with E-state index in [0.717, 1.165) is 11.3 Å². The van der Waals surface area contributed by atoms with Crippen LogP contribution in [0.3, 0.4) is 0 Å². The third-order valence-corrected chi connectivity index (χ3v) is 3.97. The lowest BCUT2D eigenvalue weighted by atomic mass is 10.1. The van der Waals surface area contributed by atoms with E-state index in [1.165, 1.54) is 0 Å². The van der Waals surface area contributed by atoms with Crippen molar-refractivity contribution in [1.29, 1.82) is 0 Å². The lowest BCUT2D eigenvalue weighted by Gasteiger charge is -2.22. The highest BCUT2D eigenvalue weighted by Crippen LogP contribution is 2.25. The number of benzene rings is 2. The highest BCUT2D eigenvalue weighted by Gasteiger charge is 2.21. The van der Waals surface area contributed by atoms with E-state index in [2.05, 4.69) is 5.32 Å². The predicted octanol–water partition coefficient (Wildman–Crippen LogP) is 4.38. The van der Waals surface area contributed by atoms with Crippen LogP contribution in [0.15, 0.2) is 48.5 Å². The van der Waals surface area contributed by atoms with Gasteiger partial charge in [0.2, 0.25) is 0 Å². The van der Waals surface area contributed by atoms with Crippen molar-refractivity contribution in [3.63, 3.8) is 0 Å². The van der Waals surface area contributed by atoms with Crippen molar-refractivity contribution in [2.75, 3.05) is 7.11 Å². The Kier molecular flexibility index (Phi) is 6.50. The topological polar surface area (TPSA) is 47.6 Å². The fraction of sp³-hybridized carbons (Fsp3) is 0.316. The molecule has 2 aromatic rings. The van der Waals surface area contributed by atoms with Crippen molar-refractivity contribution in [3.8, 4) is 11.5 Å². The Hall–Kier alpha value is -2.20. The van der Waals surface area contributed by atoms with Gasteiger partial charge in [0.05, 0.1) is 13.2 Å². The zero-order chi connectivity index (χ0) is 17.5. The molecule has 1 N–H and O–H groups in total. The van der Waals surface area contributed by atoms with Gasteiger partial charge in [-0.1, -0.05) is 36.7 Å². The third kappa shape index (κ3) is 4.65. The Labute approximate surface area is 147 Å². The molecule has 0 fully saturated rings. The molecule has 0 saturated heterocycles. The average Bonchev–Trinajstić information content (AvgIpc) is 2.60. The van der Waals surface area contributed by atoms with Gasteiger partial charge in [-0.3, -0.25) is 4.79 Å². The molecule has 4 nitrogen and oxygen atoms in total. The molecule has 2 atom stereocenters. The van der Waals surface area contributed by atoms with E-state index >= 15 is 0 Å². The Bertz CT molecular complexity index is 673. The SMILES string of the molecule is CC[C@@H](Oc1ccc(Cl)cc1)C(=O)N[C@H](C)c1ccccc1OC. The average molecular weight is 348 g/mol. The lowest BCUT2D eigenvalue weighted by molar-refractivity contribution is -0.128. The molecule has 0 heterocycles. The van der Waals surface area contributed by atoms with E-state index in [1.54, 1.807) is 31.4 Å². The van der Waals surface area contributed by atoms with E-state index < -0.39 is 6.10 Å². The molecule has 5 heteroatoms. The summed E-state index contributed by atoms with van der Waals surface area (Å²) in [6.45, 7) is 3.83. The van der Waals surface area contributed by atoms with Crippen molar-refractivity contribution >= 4 is 17.5 Å². The van der Waals surface area contributed by atoms with Gasteiger partial charge in [0.25, 0.3) is 5.91 Å². The van der Waals surface area contributed by atoms with Gasteiger partial charge in [-0.15, -0.1) is 0 Å². The van der Waals surface area contributed by atoms with Gasteiger partial charge in [-0.05, 0) is 43.7 Å². The van der Waals surface area contributed by atoms with Crippen LogP contribution in [-0.4, -0.2) is 19.1 Å². The summed E-state index contributed by atoms with van der Waals surface area (Å²) < 4.78 is 11.1. The quantitative estimate of drug-likeness (QED) is 0.808. The van der Waals surface area contributed by atoms with Crippen LogP contribution in [0.1, 0.15) is 31.9 Å². The number of para-hydroxylation sites is 1. The van der Waals surface area contributed by atoms with Crippen LogP contribution < -0.4 is 14.8 Å². The normalized spacial score (nSPS) is 13.0. The number of carbonyl (C=O) groups is 1. The summed E-state index contributed by atoms with van der Waals surface area (Å²) in [6.07, 6.45) is -0.00376. The highest BCUT2D eigenvalue weighted by molar-refractivity contribution is 6.30. The van der Waals surface area contributed by atoms with Crippen molar-refractivity contribution in [2.45, 2.75) is 32.4 Å². The van der Waals surface area contributed by atoms with Crippen LogP contribution in [0.2, 0.25) is 5.02 Å². The zero-order valence-corrected chi connectivity index (χ0v) is 14.8. The van der Waals surface area contributed by atoms with E-state index in [9.17, 15) is 4.79 Å². The lowest BCUT2D eigenvalue weighted by Crippen LogP contribution is -2.39. The molecule has 0 spiro atoms. The Morgan fingerprint density at radius 1 is 1.17 bits per heavy atom. The van der Waals surface area contributed by atoms with Gasteiger partial charge in [-0.2, -0.15) is 0 Å². The molecular weight excluding hydrogens is 326 g/mol. The van der Waals surface area contributed by atoms with Gasteiger partial charge in [0.15, 0.2) is 6.10 Å². The molecule has 0 bridgehead atoms. The monoisotopic (exact) mass is 347 g/mol. The molecule has 2 aromatic carbocycles. The molecular formula is C19H22ClNO3. The van der Waals surface area contributed by atoms with Crippen LogP contribution in [-0.2, 0) is 4.79 Å². The fourth-order valence-electron chi connectivity index (χ4n) is 2.41. The van der Waals surface area contributed by atoms with E-state index in [4.69, 9.17) is 21.1 Å². The fourth-order valence-corrected chi connectivity index (χ4v) is 2.53.